The van der Waals surface area contributed by atoms with Gasteiger partial charge in [0.05, 0.1) is 32.3 Å². The molecule has 0 heterocycles. The van der Waals surface area contributed by atoms with Gasteiger partial charge in [-0.15, -0.1) is 0 Å². The third-order valence-corrected chi connectivity index (χ3v) is 13.8. The highest BCUT2D eigenvalue weighted by Crippen LogP contribution is 2.43. The van der Waals surface area contributed by atoms with Crippen molar-refractivity contribution in [2.24, 2.45) is 0 Å². The van der Waals surface area contributed by atoms with Crippen molar-refractivity contribution in [1.82, 2.24) is 9.44 Å². The number of ketones is 2. The highest BCUT2D eigenvalue weighted by molar-refractivity contribution is 7.90. The highest BCUT2D eigenvalue weighted by atomic mass is 32.2. The number of hydrogen-bond donors (Lipinski definition) is 6. The number of benzene rings is 4. The molecule has 14 nitrogen and oxygen atoms in total. The summed E-state index contributed by atoms with van der Waals surface area (Å²) in [6.45, 7) is 13.0. The molecule has 2 atom stereocenters. The molecule has 5 rings (SSSR count). The van der Waals surface area contributed by atoms with Crippen LogP contribution in [0.25, 0.3) is 0 Å². The van der Waals surface area contributed by atoms with Gasteiger partial charge in [-0.25, -0.2) is 16.8 Å². The number of sulfonamides is 2. The Kier molecular flexibility index (Phi) is 12.7. The molecule has 0 radical (unpaired) electrons. The Morgan fingerprint density at radius 1 is 0.603 bits per heavy atom. The Morgan fingerprint density at radius 2 is 0.948 bits per heavy atom. The molecule has 2 unspecified atom stereocenters. The van der Waals surface area contributed by atoms with Crippen LogP contribution in [0.15, 0.2) is 58.3 Å². The lowest BCUT2D eigenvalue weighted by atomic mass is 9.82. The first kappa shape index (κ1) is 43.7. The van der Waals surface area contributed by atoms with Crippen molar-refractivity contribution in [1.29, 1.82) is 0 Å². The maximum absolute atomic E-state index is 14.6. The van der Waals surface area contributed by atoms with Crippen molar-refractivity contribution >= 4 is 66.3 Å². The smallest absolute Gasteiger partial charge is 0.321 e. The topological polar surface area (TPSA) is 225 Å². The summed E-state index contributed by atoms with van der Waals surface area (Å²) in [5.41, 5.74) is 4.47. The Hall–Kier alpha value is -5.42. The number of aryl methyl sites for hydroxylation is 4. The van der Waals surface area contributed by atoms with Gasteiger partial charge < -0.3 is 20.8 Å². The van der Waals surface area contributed by atoms with Crippen LogP contribution in [0.1, 0.15) is 107 Å². The molecule has 1 aliphatic rings. The summed E-state index contributed by atoms with van der Waals surface area (Å²) in [6, 6.07) is 10.1. The second-order valence-electron chi connectivity index (χ2n) is 14.2. The second kappa shape index (κ2) is 16.8. The fourth-order valence-electron chi connectivity index (χ4n) is 7.57. The molecule has 0 amide bonds. The van der Waals surface area contributed by atoms with E-state index in [0.29, 0.717) is 57.6 Å². The predicted octanol–water partition coefficient (Wildman–Crippen LogP) is 6.32. The van der Waals surface area contributed by atoms with Gasteiger partial charge in [0.1, 0.15) is 12.1 Å². The SMILES string of the molecule is CCc1cc(C)c(S(=O)(=O)NC(C)C(=O)O)c(CC)c1Nc1ccc(Nc2c(CC)cc(C)c(S(=O)(=O)NC(C)C(=O)O)c2CC)c2c1C(=O)c1ccccc1C2=O. The number of hydrogen-bond acceptors (Lipinski definition) is 10. The summed E-state index contributed by atoms with van der Waals surface area (Å²) in [5, 5.41) is 25.6. The molecule has 0 aliphatic heterocycles. The van der Waals surface area contributed by atoms with E-state index in [1.807, 2.05) is 13.8 Å². The Labute approximate surface area is 338 Å². The van der Waals surface area contributed by atoms with Crippen LogP contribution in [0.2, 0.25) is 0 Å². The molecule has 1 aliphatic carbocycles. The van der Waals surface area contributed by atoms with Gasteiger partial charge in [0.15, 0.2) is 11.6 Å². The first-order valence-electron chi connectivity index (χ1n) is 18.9. The first-order chi connectivity index (χ1) is 27.2. The summed E-state index contributed by atoms with van der Waals surface area (Å²) in [5.74, 6) is -3.65. The van der Waals surface area contributed by atoms with Gasteiger partial charge in [-0.05, 0) is 98.9 Å². The number of aliphatic carboxylic acids is 2. The van der Waals surface area contributed by atoms with Crippen molar-refractivity contribution < 1.29 is 46.2 Å². The van der Waals surface area contributed by atoms with Crippen LogP contribution < -0.4 is 20.1 Å². The summed E-state index contributed by atoms with van der Waals surface area (Å²) < 4.78 is 59.5. The van der Waals surface area contributed by atoms with E-state index in [1.165, 1.54) is 13.8 Å². The standard InChI is InChI=1S/C42H48N4O10S2/c1-9-25-19-21(5)39(57(53,54)45-23(7)41(49)50)27(11-3)35(25)43-31-17-18-32(34-33(31)37(47)29-15-13-14-16-30(29)38(34)48)44-36-26(10-2)20-22(6)40(28(36)12-4)58(55,56)46-24(8)42(51)52/h13-20,23-24,43-46H,9-12H2,1-8H3,(H,49,50)(H,51,52). The Morgan fingerprint density at radius 3 is 1.24 bits per heavy atom. The lowest BCUT2D eigenvalue weighted by Crippen LogP contribution is -2.39. The lowest BCUT2D eigenvalue weighted by molar-refractivity contribution is -0.139. The summed E-state index contributed by atoms with van der Waals surface area (Å²) in [4.78, 5) is 52.2. The molecule has 0 aromatic heterocycles. The molecule has 6 N–H and O–H groups in total. The Balaban J connectivity index is 1.77. The Bertz CT molecular complexity index is 2430. The van der Waals surface area contributed by atoms with Crippen LogP contribution in [0.4, 0.5) is 22.7 Å². The van der Waals surface area contributed by atoms with Gasteiger partial charge in [0.2, 0.25) is 20.0 Å². The number of carboxylic acid groups (broad SMARTS) is 2. The summed E-state index contributed by atoms with van der Waals surface area (Å²) in [6.07, 6.45) is 1.30. The molecule has 0 saturated heterocycles. The molecular formula is C42H48N4O10S2. The number of carboxylic acids is 2. The molecule has 0 saturated carbocycles. The van der Waals surface area contributed by atoms with Crippen LogP contribution >= 0.6 is 0 Å². The fourth-order valence-corrected chi connectivity index (χ4v) is 11.0. The van der Waals surface area contributed by atoms with Crippen molar-refractivity contribution in [3.8, 4) is 0 Å². The van der Waals surface area contributed by atoms with Crippen molar-refractivity contribution in [3.05, 3.63) is 104 Å². The lowest BCUT2D eigenvalue weighted by Gasteiger charge is -2.27. The number of nitrogens with one attached hydrogen (secondary N) is 4. The van der Waals surface area contributed by atoms with Crippen LogP contribution in [0.5, 0.6) is 0 Å². The van der Waals surface area contributed by atoms with Gasteiger partial charge in [-0.1, -0.05) is 64.1 Å². The molecule has 4 aromatic carbocycles. The van der Waals surface area contributed by atoms with Gasteiger partial charge in [-0.2, -0.15) is 9.44 Å². The number of rotatable bonds is 16. The molecular weight excluding hydrogens is 785 g/mol. The van der Waals surface area contributed by atoms with Gasteiger partial charge in [0.25, 0.3) is 0 Å². The first-order valence-corrected chi connectivity index (χ1v) is 21.9. The molecule has 58 heavy (non-hydrogen) atoms. The van der Waals surface area contributed by atoms with E-state index >= 15 is 0 Å². The number of anilines is 4. The second-order valence-corrected chi connectivity index (χ2v) is 17.5. The van der Waals surface area contributed by atoms with Gasteiger partial charge in [-0.3, -0.25) is 19.2 Å². The van der Waals surface area contributed by atoms with Crippen molar-refractivity contribution in [3.63, 3.8) is 0 Å². The van der Waals surface area contributed by atoms with Crippen molar-refractivity contribution in [2.75, 3.05) is 10.6 Å². The van der Waals surface area contributed by atoms with E-state index in [9.17, 15) is 46.2 Å². The van der Waals surface area contributed by atoms with Crippen LogP contribution in [-0.2, 0) is 55.3 Å². The maximum atomic E-state index is 14.6. The van der Waals surface area contributed by atoms with E-state index in [1.54, 1.807) is 76.2 Å². The maximum Gasteiger partial charge on any atom is 0.321 e. The van der Waals surface area contributed by atoms with Crippen molar-refractivity contribution in [2.45, 2.75) is 103 Å². The predicted molar refractivity (Wildman–Crippen MR) is 221 cm³/mol. The van der Waals surface area contributed by atoms with E-state index in [4.69, 9.17) is 0 Å². The molecule has 16 heteroatoms. The summed E-state index contributed by atoms with van der Waals surface area (Å²) in [7, 11) is -8.71. The third kappa shape index (κ3) is 8.01. The van der Waals surface area contributed by atoms with E-state index in [2.05, 4.69) is 20.1 Å². The van der Waals surface area contributed by atoms with E-state index in [0.717, 1.165) is 0 Å². The van der Waals surface area contributed by atoms with Gasteiger partial charge >= 0.3 is 11.9 Å². The van der Waals surface area contributed by atoms with Crippen LogP contribution in [-0.4, -0.2) is 62.6 Å². The third-order valence-electron chi connectivity index (χ3n) is 10.3. The zero-order valence-electron chi connectivity index (χ0n) is 33.6. The molecule has 0 spiro atoms. The minimum Gasteiger partial charge on any atom is -0.480 e. The molecule has 308 valence electrons. The van der Waals surface area contributed by atoms with E-state index < -0.39 is 55.6 Å². The largest absolute Gasteiger partial charge is 0.480 e. The average Bonchev–Trinajstić information content (AvgIpc) is 3.16. The average molecular weight is 833 g/mol. The number of carbonyl (C=O) groups is 4. The minimum absolute atomic E-state index is 0.00779. The van der Waals surface area contributed by atoms with Crippen LogP contribution in [0.3, 0.4) is 0 Å². The molecule has 0 fully saturated rings. The normalized spacial score (nSPS) is 13.7. The fraction of sp³-hybridized carbons (Fsp3) is 0.333. The monoisotopic (exact) mass is 832 g/mol. The molecule has 0 bridgehead atoms. The van der Waals surface area contributed by atoms with Crippen LogP contribution in [0, 0.1) is 13.8 Å². The quantitative estimate of drug-likeness (QED) is 0.0643. The van der Waals surface area contributed by atoms with E-state index in [-0.39, 0.29) is 56.3 Å². The zero-order chi connectivity index (χ0) is 43.0. The minimum atomic E-state index is -4.36. The van der Waals surface area contributed by atoms with Gasteiger partial charge in [0, 0.05) is 22.5 Å². The molecule has 4 aromatic rings. The number of carbonyl (C=O) groups excluding carboxylic acids is 2. The zero-order valence-corrected chi connectivity index (χ0v) is 35.2. The summed E-state index contributed by atoms with van der Waals surface area (Å²) >= 11 is 0. The highest BCUT2D eigenvalue weighted by Gasteiger charge is 2.36. The number of fused-ring (bicyclic) bond motifs is 2.